The van der Waals surface area contributed by atoms with Crippen LogP contribution in [-0.2, 0) is 4.74 Å². The van der Waals surface area contributed by atoms with Crippen LogP contribution in [0.2, 0.25) is 0 Å². The molecule has 3 heterocycles. The van der Waals surface area contributed by atoms with Crippen LogP contribution < -0.4 is 10.5 Å². The Bertz CT molecular complexity index is 623. The summed E-state index contributed by atoms with van der Waals surface area (Å²) < 4.78 is 5.42. The van der Waals surface area contributed by atoms with Gasteiger partial charge in [-0.05, 0) is 19.1 Å². The Balaban J connectivity index is 2.04. The molecule has 0 saturated carbocycles. The summed E-state index contributed by atoms with van der Waals surface area (Å²) in [7, 11) is 0. The molecule has 0 aromatic carbocycles. The molecule has 18 heavy (non-hydrogen) atoms. The van der Waals surface area contributed by atoms with Gasteiger partial charge in [-0.1, -0.05) is 0 Å². The zero-order valence-corrected chi connectivity index (χ0v) is 10.2. The van der Waals surface area contributed by atoms with Gasteiger partial charge in [-0.25, -0.2) is 0 Å². The van der Waals surface area contributed by atoms with E-state index in [2.05, 4.69) is 21.8 Å². The quantitative estimate of drug-likeness (QED) is 0.818. The van der Waals surface area contributed by atoms with Crippen LogP contribution in [-0.4, -0.2) is 35.8 Å². The predicted octanol–water partition coefficient (Wildman–Crippen LogP) is 1.15. The summed E-state index contributed by atoms with van der Waals surface area (Å²) in [5.74, 6) is 0. The third-order valence-corrected chi connectivity index (χ3v) is 3.25. The fraction of sp³-hybridized carbons (Fsp3) is 0.385. The van der Waals surface area contributed by atoms with Crippen LogP contribution >= 0.6 is 0 Å². The lowest BCUT2D eigenvalue weighted by molar-refractivity contribution is 0.0989. The van der Waals surface area contributed by atoms with E-state index in [-0.39, 0.29) is 5.56 Å². The maximum Gasteiger partial charge on any atom is 0.248 e. The first kappa shape index (κ1) is 11.2. The highest BCUT2D eigenvalue weighted by atomic mass is 16.5. The molecule has 2 aromatic heterocycles. The summed E-state index contributed by atoms with van der Waals surface area (Å²) in [4.78, 5) is 20.8. The van der Waals surface area contributed by atoms with Gasteiger partial charge in [0.15, 0.2) is 0 Å². The molecule has 0 bridgehead atoms. The number of aromatic amines is 1. The molecule has 1 atom stereocenters. The Morgan fingerprint density at radius 3 is 3.22 bits per heavy atom. The van der Waals surface area contributed by atoms with E-state index in [9.17, 15) is 4.79 Å². The summed E-state index contributed by atoms with van der Waals surface area (Å²) in [5, 5.41) is 0. The van der Waals surface area contributed by atoms with Crippen LogP contribution in [0.25, 0.3) is 11.0 Å². The van der Waals surface area contributed by atoms with E-state index < -0.39 is 0 Å². The summed E-state index contributed by atoms with van der Waals surface area (Å²) >= 11 is 0. The number of pyridine rings is 2. The number of aromatic nitrogens is 2. The van der Waals surface area contributed by atoms with Gasteiger partial charge >= 0.3 is 0 Å². The van der Waals surface area contributed by atoms with Crippen molar-refractivity contribution in [1.82, 2.24) is 9.97 Å². The number of morpholine rings is 1. The minimum absolute atomic E-state index is 0.100. The number of hydrogen-bond acceptors (Lipinski definition) is 4. The molecule has 94 valence electrons. The lowest BCUT2D eigenvalue weighted by atomic mass is 10.2. The number of fused-ring (bicyclic) bond motifs is 1. The van der Waals surface area contributed by atoms with Gasteiger partial charge in [-0.2, -0.15) is 0 Å². The van der Waals surface area contributed by atoms with Crippen molar-refractivity contribution in [3.8, 4) is 0 Å². The van der Waals surface area contributed by atoms with Crippen molar-refractivity contribution >= 4 is 16.7 Å². The van der Waals surface area contributed by atoms with E-state index in [1.165, 1.54) is 6.07 Å². The molecule has 1 unspecified atom stereocenters. The monoisotopic (exact) mass is 245 g/mol. The first-order valence-electron chi connectivity index (χ1n) is 6.07. The molecule has 2 aromatic rings. The molecule has 1 aliphatic rings. The largest absolute Gasteiger partial charge is 0.377 e. The van der Waals surface area contributed by atoms with Gasteiger partial charge in [0.1, 0.15) is 0 Å². The van der Waals surface area contributed by atoms with E-state index in [0.29, 0.717) is 6.04 Å². The molecule has 3 rings (SSSR count). The number of H-pyrrole nitrogens is 1. The third kappa shape index (κ3) is 1.97. The fourth-order valence-electron chi connectivity index (χ4n) is 2.29. The van der Waals surface area contributed by atoms with Gasteiger partial charge < -0.3 is 14.6 Å². The maximum atomic E-state index is 11.3. The molecule has 0 amide bonds. The third-order valence-electron chi connectivity index (χ3n) is 3.25. The van der Waals surface area contributed by atoms with E-state index in [4.69, 9.17) is 4.74 Å². The van der Waals surface area contributed by atoms with Gasteiger partial charge in [-0.3, -0.25) is 9.78 Å². The van der Waals surface area contributed by atoms with Crippen molar-refractivity contribution in [3.63, 3.8) is 0 Å². The molecule has 1 fully saturated rings. The van der Waals surface area contributed by atoms with Crippen molar-refractivity contribution in [2.75, 3.05) is 24.7 Å². The van der Waals surface area contributed by atoms with Crippen molar-refractivity contribution in [3.05, 3.63) is 34.7 Å². The second-order valence-corrected chi connectivity index (χ2v) is 4.57. The van der Waals surface area contributed by atoms with Crippen molar-refractivity contribution < 1.29 is 4.74 Å². The highest BCUT2D eigenvalue weighted by molar-refractivity contribution is 5.77. The smallest absolute Gasteiger partial charge is 0.248 e. The zero-order chi connectivity index (χ0) is 12.5. The highest BCUT2D eigenvalue weighted by Gasteiger charge is 2.19. The van der Waals surface area contributed by atoms with E-state index in [1.807, 2.05) is 12.3 Å². The maximum absolute atomic E-state index is 11.3. The Hall–Kier alpha value is -1.88. The first-order chi connectivity index (χ1) is 8.74. The lowest BCUT2D eigenvalue weighted by Crippen LogP contribution is -2.43. The Morgan fingerprint density at radius 1 is 1.50 bits per heavy atom. The lowest BCUT2D eigenvalue weighted by Gasteiger charge is -2.35. The number of rotatable bonds is 1. The van der Waals surface area contributed by atoms with Gasteiger partial charge in [0.25, 0.3) is 0 Å². The van der Waals surface area contributed by atoms with Crippen LogP contribution in [0.3, 0.4) is 0 Å². The summed E-state index contributed by atoms with van der Waals surface area (Å²) in [6.07, 6.45) is 1.85. The molecule has 1 saturated heterocycles. The molecular weight excluding hydrogens is 230 g/mol. The van der Waals surface area contributed by atoms with Gasteiger partial charge in [0.2, 0.25) is 5.56 Å². The number of ether oxygens (including phenoxy) is 1. The van der Waals surface area contributed by atoms with E-state index >= 15 is 0 Å². The number of nitrogens with one attached hydrogen (secondary N) is 1. The molecule has 0 radical (unpaired) electrons. The Labute approximate surface area is 104 Å². The second kappa shape index (κ2) is 4.42. The number of nitrogens with zero attached hydrogens (tertiary/aromatic N) is 2. The fourth-order valence-corrected chi connectivity index (χ4v) is 2.29. The predicted molar refractivity (Wildman–Crippen MR) is 70.0 cm³/mol. The standard InChI is InChI=1S/C13H15N3O2/c1-9-8-18-5-4-16(9)10-6-12-11(14-7-10)2-3-13(17)15-12/h2-3,6-7,9H,4-5,8H2,1H3,(H,15,17). The van der Waals surface area contributed by atoms with Crippen molar-refractivity contribution in [2.45, 2.75) is 13.0 Å². The summed E-state index contributed by atoms with van der Waals surface area (Å²) in [5.41, 5.74) is 2.51. The normalized spacial score (nSPS) is 20.3. The number of hydrogen-bond donors (Lipinski definition) is 1. The van der Waals surface area contributed by atoms with E-state index in [0.717, 1.165) is 36.5 Å². The molecule has 0 spiro atoms. The van der Waals surface area contributed by atoms with Gasteiger partial charge in [0.05, 0.1) is 36.1 Å². The molecular formula is C13H15N3O2. The topological polar surface area (TPSA) is 58.2 Å². The Kier molecular flexibility index (Phi) is 2.76. The average Bonchev–Trinajstić information content (AvgIpc) is 2.38. The summed E-state index contributed by atoms with van der Waals surface area (Å²) in [6.45, 7) is 4.43. The van der Waals surface area contributed by atoms with Crippen molar-refractivity contribution in [1.29, 1.82) is 0 Å². The van der Waals surface area contributed by atoms with Crippen LogP contribution in [0.5, 0.6) is 0 Å². The molecule has 1 aliphatic heterocycles. The van der Waals surface area contributed by atoms with Crippen molar-refractivity contribution in [2.24, 2.45) is 0 Å². The highest BCUT2D eigenvalue weighted by Crippen LogP contribution is 2.21. The van der Waals surface area contributed by atoms with Crippen LogP contribution in [0.1, 0.15) is 6.92 Å². The minimum atomic E-state index is -0.100. The SMILES string of the molecule is CC1COCCN1c1cnc2ccc(=O)[nH]c2c1. The Morgan fingerprint density at radius 2 is 2.39 bits per heavy atom. The van der Waals surface area contributed by atoms with Crippen LogP contribution in [0, 0.1) is 0 Å². The molecule has 5 nitrogen and oxygen atoms in total. The average molecular weight is 245 g/mol. The van der Waals surface area contributed by atoms with Gasteiger partial charge in [-0.15, -0.1) is 0 Å². The van der Waals surface area contributed by atoms with Gasteiger partial charge in [0, 0.05) is 18.7 Å². The van der Waals surface area contributed by atoms with E-state index in [1.54, 1.807) is 6.07 Å². The number of anilines is 1. The first-order valence-corrected chi connectivity index (χ1v) is 6.07. The van der Waals surface area contributed by atoms with Crippen LogP contribution in [0.15, 0.2) is 29.2 Å². The van der Waals surface area contributed by atoms with Crippen LogP contribution in [0.4, 0.5) is 5.69 Å². The zero-order valence-electron chi connectivity index (χ0n) is 10.2. The second-order valence-electron chi connectivity index (χ2n) is 4.57. The molecule has 5 heteroatoms. The molecule has 0 aliphatic carbocycles. The minimum Gasteiger partial charge on any atom is -0.377 e. The summed E-state index contributed by atoms with van der Waals surface area (Å²) in [6, 6.07) is 5.53. The molecule has 1 N–H and O–H groups in total.